The van der Waals surface area contributed by atoms with E-state index in [1.54, 1.807) is 10.6 Å². The van der Waals surface area contributed by atoms with Crippen molar-refractivity contribution in [3.63, 3.8) is 0 Å². The summed E-state index contributed by atoms with van der Waals surface area (Å²) in [5, 5.41) is 68.0. The molecule has 4 amide bonds. The number of carbonyl (C=O) groups is 10. The quantitative estimate of drug-likeness (QED) is 0.00326. The molecule has 5 heterocycles. The number of nitrogen functional groups attached to an aromatic ring is 1. The predicted octanol–water partition coefficient (Wildman–Crippen LogP) is 0.823. The van der Waals surface area contributed by atoms with Crippen molar-refractivity contribution in [2.75, 3.05) is 31.7 Å². The first-order valence-corrected chi connectivity index (χ1v) is 33.9. The van der Waals surface area contributed by atoms with Crippen LogP contribution in [0.1, 0.15) is 93.3 Å². The van der Waals surface area contributed by atoms with E-state index >= 15 is 0 Å². The van der Waals surface area contributed by atoms with Crippen molar-refractivity contribution in [3.8, 4) is 0 Å². The van der Waals surface area contributed by atoms with Crippen LogP contribution in [-0.2, 0) is 82.8 Å². The molecule has 0 spiro atoms. The molecule has 0 aliphatic carbocycles. The Hall–Kier alpha value is -11.5. The Labute approximate surface area is 616 Å². The maximum atomic E-state index is 13.2. The first-order chi connectivity index (χ1) is 50.3. The summed E-state index contributed by atoms with van der Waals surface area (Å²) in [6.07, 6.45) is 4.90. The van der Waals surface area contributed by atoms with Gasteiger partial charge < -0.3 is 98.7 Å². The number of aliphatic carboxylic acids is 3. The van der Waals surface area contributed by atoms with Gasteiger partial charge in [-0.2, -0.15) is 10.9 Å². The molecule has 5 aromatic rings. The number of hydrogen-bond acceptors (Lipinski definition) is 29. The number of carbonyl (C=O) groups excluding carboxylic acids is 6. The molecule has 2 aromatic carbocycles. The van der Waals surface area contributed by atoms with Crippen molar-refractivity contribution in [1.29, 1.82) is 5.41 Å². The van der Waals surface area contributed by atoms with Gasteiger partial charge in [0.25, 0.3) is 17.0 Å². The fourth-order valence-electron chi connectivity index (χ4n) is 9.16. The Kier molecular flexibility index (Phi) is 40.8. The maximum absolute atomic E-state index is 13.2. The van der Waals surface area contributed by atoms with Gasteiger partial charge in [-0.3, -0.25) is 54.1 Å². The highest BCUT2D eigenvalue weighted by Gasteiger charge is 2.42. The van der Waals surface area contributed by atoms with Gasteiger partial charge in [0.1, 0.15) is 42.6 Å². The number of aromatic nitrogens is 5. The number of rotatable bonds is 32. The number of aldehydes is 1. The number of methoxy groups -OCH3 is 1. The summed E-state index contributed by atoms with van der Waals surface area (Å²) < 4.78 is 10.8. The van der Waals surface area contributed by atoms with Crippen LogP contribution >= 0.6 is 22.5 Å². The van der Waals surface area contributed by atoms with Crippen LogP contribution in [-0.4, -0.2) is 173 Å². The van der Waals surface area contributed by atoms with Crippen LogP contribution < -0.4 is 71.9 Å². The zero-order valence-electron chi connectivity index (χ0n) is 58.1. The van der Waals surface area contributed by atoms with Crippen LogP contribution in [0, 0.1) is 5.41 Å². The molecule has 0 unspecified atom stereocenters. The predicted molar refractivity (Wildman–Crippen MR) is 394 cm³/mol. The third-order valence-corrected chi connectivity index (χ3v) is 15.6. The van der Waals surface area contributed by atoms with Crippen LogP contribution in [0.2, 0.25) is 0 Å². The van der Waals surface area contributed by atoms with Gasteiger partial charge in [0, 0.05) is 41.1 Å². The van der Waals surface area contributed by atoms with Gasteiger partial charge >= 0.3 is 30.0 Å². The zero-order valence-corrected chi connectivity index (χ0v) is 59.8. The smallest absolute Gasteiger partial charge is 0.490 e. The number of ether oxygens (including phenoxy) is 2. The summed E-state index contributed by atoms with van der Waals surface area (Å²) in [4.78, 5) is 152. The number of thiol groups is 1. The molecule has 0 radical (unpaired) electrons. The number of nitrogens with one attached hydrogen (secondary N) is 8. The van der Waals surface area contributed by atoms with E-state index in [9.17, 15) is 57.8 Å². The summed E-state index contributed by atoms with van der Waals surface area (Å²) in [6, 6.07) is 19.7. The Morgan fingerprint density at radius 3 is 2.06 bits per heavy atom. The highest BCUT2D eigenvalue weighted by molar-refractivity contribution is 8.68. The zero-order chi connectivity index (χ0) is 79.6. The fraction of sp³-hybridized carbons (Fsp3) is 0.343. The number of carboxylic acids is 3. The second-order valence-corrected chi connectivity index (χ2v) is 23.5. The lowest BCUT2D eigenvalue weighted by atomic mass is 9.84. The highest BCUT2D eigenvalue weighted by Crippen LogP contribution is 2.40. The average Bonchev–Trinajstić information content (AvgIpc) is 1.50. The molecule has 37 nitrogen and oxygen atoms in total. The lowest BCUT2D eigenvalue weighted by Crippen LogP contribution is -2.50. The lowest BCUT2D eigenvalue weighted by molar-refractivity contribution is -0.148. The van der Waals surface area contributed by atoms with Crippen LogP contribution in [0.5, 0.6) is 0 Å². The molecule has 0 fully saturated rings. The number of H-pyrrole nitrogens is 1. The second kappa shape index (κ2) is 47.7. The average molecular weight is 1520 g/mol. The molecule has 5 atom stereocenters. The molecule has 2 aliphatic heterocycles. The van der Waals surface area contributed by atoms with E-state index in [4.69, 9.17) is 64.2 Å². The van der Waals surface area contributed by atoms with Gasteiger partial charge in [0.15, 0.2) is 11.2 Å². The third-order valence-electron chi connectivity index (χ3n) is 14.7. The number of allylic oxidation sites excluding steroid dienone is 3. The Morgan fingerprint density at radius 2 is 1.52 bits per heavy atom. The molecule has 0 saturated carbocycles. The Bertz CT molecular complexity index is 4040. The number of benzene rings is 2. The van der Waals surface area contributed by atoms with Crippen LogP contribution in [0.15, 0.2) is 143 Å². The van der Waals surface area contributed by atoms with Gasteiger partial charge in [-0.25, -0.2) is 24.4 Å². The largest absolute Gasteiger partial charge is 0.505 e. The van der Waals surface area contributed by atoms with Crippen molar-refractivity contribution >= 4 is 111 Å². The van der Waals surface area contributed by atoms with E-state index in [1.165, 1.54) is 18.3 Å². The van der Waals surface area contributed by atoms with Crippen LogP contribution in [0.25, 0.3) is 16.7 Å². The summed E-state index contributed by atoms with van der Waals surface area (Å²) in [7, 11) is 2.05. The normalized spacial score (nSPS) is 14.5. The fourth-order valence-corrected chi connectivity index (χ4v) is 9.98. The monoisotopic (exact) mass is 1520 g/mol. The minimum Gasteiger partial charge on any atom is -0.490 e. The minimum atomic E-state index is -1.40. The van der Waals surface area contributed by atoms with Gasteiger partial charge in [-0.15, -0.1) is 11.7 Å². The van der Waals surface area contributed by atoms with E-state index < -0.39 is 95.8 Å². The number of fused-ring (bicyclic) bond motifs is 3. The van der Waals surface area contributed by atoms with Crippen molar-refractivity contribution in [2.24, 2.45) is 23.1 Å². The third kappa shape index (κ3) is 31.2. The van der Waals surface area contributed by atoms with Crippen molar-refractivity contribution in [2.45, 2.75) is 121 Å². The molecule has 23 N–H and O–H groups in total. The molecule has 7 rings (SSSR count). The summed E-state index contributed by atoms with van der Waals surface area (Å²) >= 11 is 3.76. The molecular weight excluding hydrogens is 1430 g/mol. The maximum Gasteiger partial charge on any atom is 0.505 e. The van der Waals surface area contributed by atoms with E-state index in [0.717, 1.165) is 47.5 Å². The van der Waals surface area contributed by atoms with E-state index in [1.807, 2.05) is 73.7 Å². The lowest BCUT2D eigenvalue weighted by Gasteiger charge is -2.35. The molecule has 574 valence electrons. The summed E-state index contributed by atoms with van der Waals surface area (Å²) in [6.45, 7) is 16.3. The Morgan fingerprint density at radius 1 is 0.887 bits per heavy atom. The Balaban J connectivity index is 0.000000487. The van der Waals surface area contributed by atoms with Gasteiger partial charge in [-0.05, 0) is 68.0 Å². The molecule has 0 saturated heterocycles. The van der Waals surface area contributed by atoms with Gasteiger partial charge in [0.2, 0.25) is 24.2 Å². The molecule has 3 aromatic heterocycles. The molecule has 0 bridgehead atoms. The topological polar surface area (TPSA) is 619 Å². The number of nitrogens with two attached hydrogens (primary N) is 5. The van der Waals surface area contributed by atoms with Crippen molar-refractivity contribution in [1.82, 2.24) is 56.4 Å². The number of nitrogens with zero attached hydrogens (tertiary/aromatic N) is 4. The number of anilines is 1. The van der Waals surface area contributed by atoms with E-state index in [-0.39, 0.29) is 78.7 Å². The summed E-state index contributed by atoms with van der Waals surface area (Å²) in [5.41, 5.74) is 24.8. The minimum absolute atomic E-state index is 0.0213. The number of hydrogen-bond donors (Lipinski definition) is 19. The first-order valence-electron chi connectivity index (χ1n) is 31.9. The molecular formula is C67H89N17O20S2. The van der Waals surface area contributed by atoms with Crippen molar-refractivity contribution in [3.05, 3.63) is 182 Å². The van der Waals surface area contributed by atoms with E-state index in [0.29, 0.717) is 72.6 Å². The number of aromatic amines is 1. The van der Waals surface area contributed by atoms with Crippen LogP contribution in [0.4, 0.5) is 10.7 Å². The highest BCUT2D eigenvalue weighted by atomic mass is 33.1. The number of pyridine rings is 1. The second-order valence-electron chi connectivity index (χ2n) is 22.2. The number of carboxylic acid groups (broad SMARTS) is 4. The van der Waals surface area contributed by atoms with Crippen LogP contribution in [0.3, 0.4) is 0 Å². The molecule has 106 heavy (non-hydrogen) atoms. The van der Waals surface area contributed by atoms with Gasteiger partial charge in [0.05, 0.1) is 74.0 Å². The van der Waals surface area contributed by atoms with E-state index in [2.05, 4.69) is 99.7 Å². The standard InChI is InChI=1S/C23H24N2O3.C22H27N9O7.C7H16N4O2.C7H12N2O5S2.C6H6.C2H4O3/c1-4-16(15-9-7-6-8-10-15)17-12-25-20(21(17)24)11-19-18(22(25)26)13-28-14(3)23(19,27)5-2;1-11(19(35)29-14(21(37)38-24)5-6-15(32)25-8-7-16(33)34)3-4-12(2)26-9-13-10-27-18-17(28-13)20(36)31-22(23)30-18;8-7(9)10-3-1-2-6(4-12)11-5-13;8-3(1-5(10)11)6(12)9-4(2-16-15)7(13)14;1-2-4-6-5-3-1;1-5-2(3)4/h6-11,24,27H,3-5,12-13H2,1-2H3;3-4,10,14,26H,1-2,5-9,24H2,(H,25,32)(H,29,35)(H,33,34)(H3,23,27,30,31,36);4-7,10H,1-3,8-9H2,(H,11,13);3-4,15H,1-2,8H2,(H,9,12)(H,10,11)(H,13,14);1-6H;1H3,(H,3,4)/b17-16-,24-21?;4-3-;;;;/t23-;14-;6-;3-,4-;;/m0100../s1. The summed E-state index contributed by atoms with van der Waals surface area (Å²) in [5.74, 6) is -1.41. The SMILES string of the molecule is C=C(/C=C\C(=C)C(=O)N[C@H](CCC(=O)NCCC(=O)O)C(=O)ON)NCc1cnc2nc(N)[nH]c(=O)c2n1.C=C1OCc2c(cc3n(c2=O)C/C(=C(\CC)c2ccccc2)C3=N)[C@]1(O)CC.COC(=O)O.NC(N)NCCC[C@@H](C=O)NC=O.N[C@@H](CC(=O)O)C(=O)N[C@@H](CSS)C(=O)O.c1ccccc1. The first kappa shape index (κ1) is 90.6. The number of aliphatic hydroxyl groups is 1. The number of amides is 4. The molecule has 39 heteroatoms. The van der Waals surface area contributed by atoms with Crippen molar-refractivity contribution < 1.29 is 87.8 Å². The van der Waals surface area contributed by atoms with Gasteiger partial charge in [-0.1, -0.05) is 111 Å². The molecule has 2 aliphatic rings.